The fraction of sp³-hybridized carbons (Fsp3) is 0.500. The summed E-state index contributed by atoms with van der Waals surface area (Å²) in [7, 11) is 1.91. The highest BCUT2D eigenvalue weighted by Crippen LogP contribution is 2.38. The first kappa shape index (κ1) is 15.5. The van der Waals surface area contributed by atoms with Gasteiger partial charge in [-0.1, -0.05) is 0 Å². The second kappa shape index (κ2) is 6.36. The molecule has 0 aromatic heterocycles. The number of fused-ring (bicyclic) bond motifs is 1. The summed E-state index contributed by atoms with van der Waals surface area (Å²) in [5.74, 6) is 0.721. The van der Waals surface area contributed by atoms with E-state index in [2.05, 4.69) is 5.32 Å². The van der Waals surface area contributed by atoms with Crippen LogP contribution < -0.4 is 15.0 Å². The predicted octanol–water partition coefficient (Wildman–Crippen LogP) is 0.676. The number of aromatic hydroxyl groups is 1. The molecule has 2 aliphatic rings. The minimum absolute atomic E-state index is 0.0502. The summed E-state index contributed by atoms with van der Waals surface area (Å²) < 4.78 is 5.78. The van der Waals surface area contributed by atoms with Gasteiger partial charge < -0.3 is 25.0 Å². The zero-order chi connectivity index (χ0) is 16.4. The lowest BCUT2D eigenvalue weighted by atomic mass is 10.2. The minimum Gasteiger partial charge on any atom is -0.508 e. The fourth-order valence-electron chi connectivity index (χ4n) is 2.96. The van der Waals surface area contributed by atoms with Crippen LogP contribution in [-0.2, 0) is 9.59 Å². The van der Waals surface area contributed by atoms with Crippen molar-refractivity contribution in [2.45, 2.75) is 25.5 Å². The quantitative estimate of drug-likeness (QED) is 0.834. The van der Waals surface area contributed by atoms with Gasteiger partial charge in [0.15, 0.2) is 6.23 Å². The van der Waals surface area contributed by atoms with Gasteiger partial charge in [-0.25, -0.2) is 0 Å². The summed E-state index contributed by atoms with van der Waals surface area (Å²) in [5, 5.41) is 12.3. The van der Waals surface area contributed by atoms with Gasteiger partial charge in [-0.3, -0.25) is 9.59 Å². The summed E-state index contributed by atoms with van der Waals surface area (Å²) in [6.45, 7) is 1.27. The number of hydrogen-bond acceptors (Lipinski definition) is 5. The molecule has 0 spiro atoms. The van der Waals surface area contributed by atoms with Gasteiger partial charge in [0.05, 0.1) is 12.2 Å². The van der Waals surface area contributed by atoms with E-state index in [0.29, 0.717) is 31.7 Å². The van der Waals surface area contributed by atoms with Crippen molar-refractivity contribution in [1.29, 1.82) is 0 Å². The lowest BCUT2D eigenvalue weighted by Gasteiger charge is -2.21. The number of carbonyl (C=O) groups is 2. The normalized spacial score (nSPS) is 19.7. The number of likely N-dealkylation sites (tertiary alicyclic amines) is 1. The van der Waals surface area contributed by atoms with Crippen molar-refractivity contribution in [2.75, 3.05) is 31.6 Å². The van der Waals surface area contributed by atoms with Crippen molar-refractivity contribution in [3.63, 3.8) is 0 Å². The van der Waals surface area contributed by atoms with Crippen LogP contribution in [0, 0.1) is 0 Å². The molecule has 124 valence electrons. The van der Waals surface area contributed by atoms with Crippen LogP contribution in [0.4, 0.5) is 5.69 Å². The average Bonchev–Trinajstić information content (AvgIpc) is 3.03. The molecule has 1 atom stereocenters. The Balaban J connectivity index is 1.44. The molecule has 1 saturated heterocycles. The molecule has 2 aliphatic heterocycles. The number of amides is 2. The summed E-state index contributed by atoms with van der Waals surface area (Å²) >= 11 is 0. The fourth-order valence-corrected chi connectivity index (χ4v) is 2.96. The van der Waals surface area contributed by atoms with Gasteiger partial charge >= 0.3 is 0 Å². The molecule has 0 bridgehead atoms. The van der Waals surface area contributed by atoms with Gasteiger partial charge in [0.25, 0.3) is 0 Å². The number of ether oxygens (including phenoxy) is 1. The number of nitrogens with zero attached hydrogens (tertiary/aromatic N) is 2. The second-order valence-corrected chi connectivity index (χ2v) is 5.89. The van der Waals surface area contributed by atoms with E-state index in [9.17, 15) is 14.7 Å². The first-order chi connectivity index (χ1) is 11.0. The molecular weight excluding hydrogens is 298 g/mol. The highest BCUT2D eigenvalue weighted by molar-refractivity contribution is 5.85. The van der Waals surface area contributed by atoms with Gasteiger partial charge in [-0.15, -0.1) is 0 Å². The maximum absolute atomic E-state index is 11.9. The standard InChI is InChI=1S/C16H21N3O4/c1-18-12-5-4-11(20)9-13(12)23-16(18)6-7-17-14(21)10-19-8-2-3-15(19)22/h4-5,9,16,20H,2-3,6-8,10H2,1H3,(H,17,21). The molecule has 0 saturated carbocycles. The number of carbonyl (C=O) groups excluding carboxylic acids is 2. The van der Waals surface area contributed by atoms with Crippen LogP contribution >= 0.6 is 0 Å². The largest absolute Gasteiger partial charge is 0.508 e. The van der Waals surface area contributed by atoms with Crippen molar-refractivity contribution in [3.05, 3.63) is 18.2 Å². The molecule has 1 fully saturated rings. The number of benzene rings is 1. The van der Waals surface area contributed by atoms with Crippen molar-refractivity contribution in [1.82, 2.24) is 10.2 Å². The second-order valence-electron chi connectivity index (χ2n) is 5.89. The number of nitrogens with one attached hydrogen (secondary N) is 1. The van der Waals surface area contributed by atoms with Crippen LogP contribution in [0.15, 0.2) is 18.2 Å². The molecule has 2 amide bonds. The van der Waals surface area contributed by atoms with E-state index in [1.807, 2.05) is 18.0 Å². The molecule has 1 aromatic rings. The first-order valence-electron chi connectivity index (χ1n) is 7.81. The zero-order valence-corrected chi connectivity index (χ0v) is 13.1. The Morgan fingerprint density at radius 2 is 2.30 bits per heavy atom. The Hall–Kier alpha value is -2.44. The predicted molar refractivity (Wildman–Crippen MR) is 84.4 cm³/mol. The van der Waals surface area contributed by atoms with Crippen LogP contribution in [0.25, 0.3) is 0 Å². The van der Waals surface area contributed by atoms with Crippen LogP contribution in [0.1, 0.15) is 19.3 Å². The number of phenols is 1. The van der Waals surface area contributed by atoms with E-state index < -0.39 is 0 Å². The van der Waals surface area contributed by atoms with Crippen molar-refractivity contribution in [2.24, 2.45) is 0 Å². The van der Waals surface area contributed by atoms with Gasteiger partial charge in [0, 0.05) is 39.0 Å². The van der Waals surface area contributed by atoms with Gasteiger partial charge in [-0.05, 0) is 18.6 Å². The Kier molecular flexibility index (Phi) is 4.27. The molecule has 1 unspecified atom stereocenters. The Bertz CT molecular complexity index is 619. The third-order valence-electron chi connectivity index (χ3n) is 4.24. The molecule has 3 rings (SSSR count). The van der Waals surface area contributed by atoms with Gasteiger partial charge in [0.2, 0.25) is 11.8 Å². The molecule has 23 heavy (non-hydrogen) atoms. The number of phenolic OH excluding ortho intramolecular Hbond substituents is 1. The van der Waals surface area contributed by atoms with Crippen LogP contribution in [-0.4, -0.2) is 54.7 Å². The van der Waals surface area contributed by atoms with E-state index in [1.54, 1.807) is 17.0 Å². The maximum atomic E-state index is 11.9. The summed E-state index contributed by atoms with van der Waals surface area (Å²) in [4.78, 5) is 26.9. The number of hydrogen-bond donors (Lipinski definition) is 2. The lowest BCUT2D eigenvalue weighted by molar-refractivity contribution is -0.133. The Morgan fingerprint density at radius 1 is 1.48 bits per heavy atom. The van der Waals surface area contributed by atoms with Crippen LogP contribution in [0.5, 0.6) is 11.5 Å². The highest BCUT2D eigenvalue weighted by Gasteiger charge is 2.28. The van der Waals surface area contributed by atoms with E-state index in [-0.39, 0.29) is 30.3 Å². The molecule has 0 radical (unpaired) electrons. The molecule has 1 aromatic carbocycles. The molecule has 0 aliphatic carbocycles. The average molecular weight is 319 g/mol. The Morgan fingerprint density at radius 3 is 3.04 bits per heavy atom. The third-order valence-corrected chi connectivity index (χ3v) is 4.24. The van der Waals surface area contributed by atoms with Crippen LogP contribution in [0.2, 0.25) is 0 Å². The van der Waals surface area contributed by atoms with E-state index >= 15 is 0 Å². The third kappa shape index (κ3) is 3.33. The molecule has 2 N–H and O–H groups in total. The molecule has 2 heterocycles. The molecule has 7 heteroatoms. The van der Waals surface area contributed by atoms with Gasteiger partial charge in [-0.2, -0.15) is 0 Å². The van der Waals surface area contributed by atoms with Gasteiger partial charge in [0.1, 0.15) is 11.5 Å². The summed E-state index contributed by atoms with van der Waals surface area (Å²) in [6, 6.07) is 5.02. The topological polar surface area (TPSA) is 82.1 Å². The highest BCUT2D eigenvalue weighted by atomic mass is 16.5. The van der Waals surface area contributed by atoms with E-state index in [1.165, 1.54) is 0 Å². The van der Waals surface area contributed by atoms with E-state index in [4.69, 9.17) is 4.74 Å². The summed E-state index contributed by atoms with van der Waals surface area (Å²) in [6.07, 6.45) is 1.81. The smallest absolute Gasteiger partial charge is 0.239 e. The summed E-state index contributed by atoms with van der Waals surface area (Å²) in [5.41, 5.74) is 0.918. The van der Waals surface area contributed by atoms with Crippen molar-refractivity contribution >= 4 is 17.5 Å². The maximum Gasteiger partial charge on any atom is 0.239 e. The Labute approximate surface area is 134 Å². The monoisotopic (exact) mass is 319 g/mol. The lowest BCUT2D eigenvalue weighted by Crippen LogP contribution is -2.40. The minimum atomic E-state index is -0.180. The SMILES string of the molecule is CN1c2ccc(O)cc2OC1CCNC(=O)CN1CCCC1=O. The first-order valence-corrected chi connectivity index (χ1v) is 7.81. The molecular formula is C16H21N3O4. The molecule has 7 nitrogen and oxygen atoms in total. The van der Waals surface area contributed by atoms with Crippen LogP contribution in [0.3, 0.4) is 0 Å². The number of anilines is 1. The zero-order valence-electron chi connectivity index (χ0n) is 13.1. The van der Waals surface area contributed by atoms with E-state index in [0.717, 1.165) is 12.1 Å². The van der Waals surface area contributed by atoms with Crippen molar-refractivity contribution < 1.29 is 19.4 Å². The number of rotatable bonds is 5. The van der Waals surface area contributed by atoms with Crippen molar-refractivity contribution in [3.8, 4) is 11.5 Å².